The zero-order valence-electron chi connectivity index (χ0n) is 23.0. The maximum atomic E-state index is 13.0. The van der Waals surface area contributed by atoms with E-state index >= 15 is 0 Å². The normalized spacial score (nSPS) is 15.9. The second-order valence-corrected chi connectivity index (χ2v) is 12.6. The third kappa shape index (κ3) is 9.24. The summed E-state index contributed by atoms with van der Waals surface area (Å²) in [4.78, 5) is 13.0. The molecule has 2 N–H and O–H groups in total. The molecule has 1 amide bonds. The molecular formula is C30H44N2O4S. The first-order valence-corrected chi connectivity index (χ1v) is 14.7. The van der Waals surface area contributed by atoms with E-state index in [1.165, 1.54) is 24.0 Å². The molecule has 0 saturated heterocycles. The summed E-state index contributed by atoms with van der Waals surface area (Å²) < 4.78 is 19.7. The lowest BCUT2D eigenvalue weighted by molar-refractivity contribution is 0.0544. The van der Waals surface area contributed by atoms with Gasteiger partial charge in [0.05, 0.1) is 12.2 Å². The number of carbonyl (C=O) groups is 1. The number of aryl methyl sites for hydroxylation is 2. The van der Waals surface area contributed by atoms with Crippen LogP contribution in [0.1, 0.15) is 85.8 Å². The number of anilines is 1. The van der Waals surface area contributed by atoms with Crippen LogP contribution in [0.3, 0.4) is 0 Å². The largest absolute Gasteiger partial charge is 0.391 e. The maximum absolute atomic E-state index is 13.0. The Morgan fingerprint density at radius 3 is 2.46 bits per heavy atom. The van der Waals surface area contributed by atoms with Gasteiger partial charge in [0.15, 0.2) is 0 Å². The first-order valence-electron chi connectivity index (χ1n) is 13.5. The number of carbonyl (C=O) groups excluding carboxylic acids is 1. The number of hydrogen-bond acceptors (Lipinski definition) is 4. The topological polar surface area (TPSA) is 78.9 Å². The molecule has 1 saturated carbocycles. The highest BCUT2D eigenvalue weighted by molar-refractivity contribution is 7.87. The molecule has 0 aromatic heterocycles. The monoisotopic (exact) mass is 528 g/mol. The molecule has 0 spiro atoms. The van der Waals surface area contributed by atoms with Crippen LogP contribution in [-0.4, -0.2) is 53.4 Å². The lowest BCUT2D eigenvalue weighted by Crippen LogP contribution is -2.34. The van der Waals surface area contributed by atoms with Crippen LogP contribution >= 0.6 is 0 Å². The Labute approximate surface area is 225 Å². The lowest BCUT2D eigenvalue weighted by Gasteiger charge is -2.22. The summed E-state index contributed by atoms with van der Waals surface area (Å²) in [7, 11) is 2.21. The average Bonchev–Trinajstić information content (AvgIpc) is 3.74. The second-order valence-electron chi connectivity index (χ2n) is 10.6. The molecule has 0 bridgehead atoms. The van der Waals surface area contributed by atoms with E-state index in [4.69, 9.17) is 4.74 Å². The molecule has 2 aromatic rings. The van der Waals surface area contributed by atoms with E-state index in [-0.39, 0.29) is 23.8 Å². The fraction of sp³-hybridized carbons (Fsp3) is 0.567. The molecule has 3 atom stereocenters. The van der Waals surface area contributed by atoms with Crippen molar-refractivity contribution in [2.75, 3.05) is 25.0 Å². The first kappa shape index (κ1) is 29.3. The highest BCUT2D eigenvalue weighted by atomic mass is 32.2. The average molecular weight is 529 g/mol. The zero-order chi connectivity index (χ0) is 26.9. The number of hydrogen-bond donors (Lipinski definition) is 2. The van der Waals surface area contributed by atoms with Gasteiger partial charge in [0, 0.05) is 43.6 Å². The molecule has 1 aliphatic rings. The zero-order valence-corrected chi connectivity index (χ0v) is 23.9. The summed E-state index contributed by atoms with van der Waals surface area (Å²) in [6, 6.07) is 14.7. The summed E-state index contributed by atoms with van der Waals surface area (Å²) >= 11 is 0. The van der Waals surface area contributed by atoms with Crippen LogP contribution in [0.25, 0.3) is 0 Å². The number of unbranched alkanes of at least 4 members (excludes halogenated alkanes) is 1. The molecule has 0 aliphatic heterocycles. The van der Waals surface area contributed by atoms with Crippen molar-refractivity contribution in [1.29, 1.82) is 0 Å². The molecule has 2 aromatic carbocycles. The van der Waals surface area contributed by atoms with Crippen molar-refractivity contribution in [3.63, 3.8) is 0 Å². The lowest BCUT2D eigenvalue weighted by atomic mass is 9.99. The van der Waals surface area contributed by atoms with Crippen LogP contribution in [0, 0.1) is 0 Å². The molecule has 37 heavy (non-hydrogen) atoms. The fourth-order valence-corrected chi connectivity index (χ4v) is 5.45. The van der Waals surface area contributed by atoms with E-state index in [1.807, 2.05) is 32.9 Å². The number of nitrogens with one attached hydrogen (secondary N) is 1. The van der Waals surface area contributed by atoms with Gasteiger partial charge in [0.25, 0.3) is 5.91 Å². The highest BCUT2D eigenvalue weighted by Crippen LogP contribution is 2.40. The molecule has 3 rings (SSSR count). The van der Waals surface area contributed by atoms with Crippen LogP contribution in [0.4, 0.5) is 5.69 Å². The molecular weight excluding hydrogens is 484 g/mol. The Hall–Kier alpha value is -2.22. The van der Waals surface area contributed by atoms with Crippen LogP contribution in [-0.2, 0) is 28.6 Å². The minimum absolute atomic E-state index is 0.0322. The van der Waals surface area contributed by atoms with E-state index in [2.05, 4.69) is 29.6 Å². The van der Waals surface area contributed by atoms with E-state index < -0.39 is 17.1 Å². The molecule has 1 fully saturated rings. The fourth-order valence-electron chi connectivity index (χ4n) is 4.50. The van der Waals surface area contributed by atoms with Gasteiger partial charge < -0.3 is 15.2 Å². The third-order valence-corrected chi connectivity index (χ3v) is 8.52. The van der Waals surface area contributed by atoms with Gasteiger partial charge in [-0.1, -0.05) is 24.3 Å². The predicted octanol–water partition coefficient (Wildman–Crippen LogP) is 5.15. The van der Waals surface area contributed by atoms with Gasteiger partial charge in [-0.05, 0) is 100 Å². The first-order chi connectivity index (χ1) is 17.7. The van der Waals surface area contributed by atoms with Crippen LogP contribution in [0.2, 0.25) is 0 Å². The highest BCUT2D eigenvalue weighted by Gasteiger charge is 2.23. The number of benzene rings is 2. The van der Waals surface area contributed by atoms with Crippen LogP contribution in [0.5, 0.6) is 0 Å². The van der Waals surface area contributed by atoms with Crippen molar-refractivity contribution in [2.24, 2.45) is 0 Å². The van der Waals surface area contributed by atoms with Crippen molar-refractivity contribution >= 4 is 22.6 Å². The predicted molar refractivity (Wildman–Crippen MR) is 153 cm³/mol. The SMILES string of the molecule is COC(C)CC(O)CNC(=O)c1cc(CCCCc2cccc(C3CC3)c2)cc(N(C)S(=O)C(C)C)c1. The molecule has 6 nitrogen and oxygen atoms in total. The number of rotatable bonds is 15. The summed E-state index contributed by atoms with van der Waals surface area (Å²) in [5.74, 6) is 0.526. The quantitative estimate of drug-likeness (QED) is 0.313. The summed E-state index contributed by atoms with van der Waals surface area (Å²) in [6.45, 7) is 5.88. The summed E-state index contributed by atoms with van der Waals surface area (Å²) in [6.07, 6.45) is 6.26. The van der Waals surface area contributed by atoms with Crippen molar-refractivity contribution in [2.45, 2.75) is 89.1 Å². The van der Waals surface area contributed by atoms with Gasteiger partial charge in [-0.2, -0.15) is 0 Å². The maximum Gasteiger partial charge on any atom is 0.251 e. The molecule has 1 aliphatic carbocycles. The Morgan fingerprint density at radius 1 is 1.11 bits per heavy atom. The Morgan fingerprint density at radius 2 is 1.81 bits per heavy atom. The molecule has 3 unspecified atom stereocenters. The van der Waals surface area contributed by atoms with Gasteiger partial charge in [-0.3, -0.25) is 9.10 Å². The van der Waals surface area contributed by atoms with Crippen LogP contribution in [0.15, 0.2) is 42.5 Å². The standard InChI is InChI=1S/C30H44N2O4S/c1-21(2)37(35)32(4)28-18-24(10-7-6-9-23-11-8-12-26(16-23)25-13-14-25)17-27(19-28)30(34)31-20-29(33)15-22(3)36-5/h8,11-12,16-19,21-22,25,29,33H,6-7,9-10,13-15,20H2,1-5H3,(H,31,34). The van der Waals surface area contributed by atoms with Gasteiger partial charge in [-0.15, -0.1) is 0 Å². The minimum atomic E-state index is -1.20. The van der Waals surface area contributed by atoms with Crippen LogP contribution < -0.4 is 9.62 Å². The smallest absolute Gasteiger partial charge is 0.251 e. The van der Waals surface area contributed by atoms with E-state index in [0.29, 0.717) is 12.0 Å². The molecule has 204 valence electrons. The number of amides is 1. The van der Waals surface area contributed by atoms with Gasteiger partial charge in [0.1, 0.15) is 11.0 Å². The molecule has 7 heteroatoms. The van der Waals surface area contributed by atoms with Crippen molar-refractivity contribution in [1.82, 2.24) is 5.32 Å². The number of nitrogens with zero attached hydrogens (tertiary/aromatic N) is 1. The Balaban J connectivity index is 1.65. The van der Waals surface area contributed by atoms with Gasteiger partial charge in [0.2, 0.25) is 0 Å². The van der Waals surface area contributed by atoms with E-state index in [1.54, 1.807) is 24.5 Å². The van der Waals surface area contributed by atoms with Crippen molar-refractivity contribution < 1.29 is 18.8 Å². The van der Waals surface area contributed by atoms with E-state index in [9.17, 15) is 14.1 Å². The third-order valence-electron chi connectivity index (χ3n) is 6.96. The van der Waals surface area contributed by atoms with Gasteiger partial charge in [-0.25, -0.2) is 4.21 Å². The van der Waals surface area contributed by atoms with E-state index in [0.717, 1.165) is 42.9 Å². The number of methoxy groups -OCH3 is 1. The van der Waals surface area contributed by atoms with Gasteiger partial charge >= 0.3 is 0 Å². The molecule has 0 heterocycles. The Bertz CT molecular complexity index is 1050. The van der Waals surface area contributed by atoms with Crippen molar-refractivity contribution in [3.8, 4) is 0 Å². The number of ether oxygens (including phenoxy) is 1. The van der Waals surface area contributed by atoms with Crippen molar-refractivity contribution in [3.05, 3.63) is 64.7 Å². The minimum Gasteiger partial charge on any atom is -0.391 e. The summed E-state index contributed by atoms with van der Waals surface area (Å²) in [5.41, 5.74) is 5.20. The summed E-state index contributed by atoms with van der Waals surface area (Å²) in [5, 5.41) is 13.0. The second kappa shape index (κ2) is 14.1. The molecule has 0 radical (unpaired) electrons. The Kier molecular flexibility index (Phi) is 11.2. The number of aliphatic hydroxyl groups excluding tert-OH is 1. The number of aliphatic hydroxyl groups is 1.